The summed E-state index contributed by atoms with van der Waals surface area (Å²) in [4.78, 5) is 7.96. The van der Waals surface area contributed by atoms with Crippen molar-refractivity contribution < 1.29 is 0 Å². The number of aromatic nitrogens is 2. The first kappa shape index (κ1) is 10.8. The van der Waals surface area contributed by atoms with E-state index in [1.54, 1.807) is 17.8 Å². The number of imidazole rings is 1. The van der Waals surface area contributed by atoms with E-state index < -0.39 is 0 Å². The molecule has 0 unspecified atom stereocenters. The second-order valence-corrected chi connectivity index (χ2v) is 3.01. The fourth-order valence-corrected chi connectivity index (χ4v) is 1.09. The van der Waals surface area contributed by atoms with Gasteiger partial charge in [-0.15, -0.1) is 0 Å². The summed E-state index contributed by atoms with van der Waals surface area (Å²) in [5.74, 6) is 6.51. The Bertz CT molecular complexity index is 331. The summed E-state index contributed by atoms with van der Waals surface area (Å²) in [5.41, 5.74) is 2.42. The molecule has 78 valence electrons. The van der Waals surface area contributed by atoms with Crippen molar-refractivity contribution in [3.05, 3.63) is 17.2 Å². The average molecular weight is 217 g/mol. The molecule has 6 nitrogen and oxygen atoms in total. The maximum Gasteiger partial charge on any atom is 0.205 e. The quantitative estimate of drug-likeness (QED) is 0.272. The largest absolute Gasteiger partial charge is 0.348 e. The molecule has 7 heteroatoms. The molecule has 1 aromatic rings. The predicted molar refractivity (Wildman–Crippen MR) is 55.7 cm³/mol. The highest BCUT2D eigenvalue weighted by Gasteiger charge is 2.04. The molecule has 0 radical (unpaired) electrons. The Labute approximate surface area is 87.1 Å². The normalized spacial score (nSPS) is 11.6. The smallest absolute Gasteiger partial charge is 0.205 e. The molecule has 0 aliphatic heterocycles. The minimum Gasteiger partial charge on any atom is -0.348 e. The zero-order chi connectivity index (χ0) is 10.6. The van der Waals surface area contributed by atoms with Crippen LogP contribution in [0.5, 0.6) is 0 Å². The number of guanidine groups is 1. The summed E-state index contributed by atoms with van der Waals surface area (Å²) in [7, 11) is 3.47. The van der Waals surface area contributed by atoms with E-state index in [0.29, 0.717) is 17.7 Å². The number of nitrogens with one attached hydrogen (secondary N) is 2. The molecule has 0 aliphatic carbocycles. The summed E-state index contributed by atoms with van der Waals surface area (Å²) in [6.07, 6.45) is 1.59. The first-order valence-electron chi connectivity index (χ1n) is 4.02. The third-order valence-corrected chi connectivity index (χ3v) is 2.15. The lowest BCUT2D eigenvalue weighted by Crippen LogP contribution is -2.41. The molecular formula is C7H13ClN6. The molecule has 1 aromatic heterocycles. The molecule has 4 N–H and O–H groups in total. The van der Waals surface area contributed by atoms with Crippen LogP contribution in [0, 0.1) is 0 Å². The molecule has 1 heterocycles. The Hall–Kier alpha value is -1.27. The maximum atomic E-state index is 5.81. The number of aliphatic imine (C=N–C) groups is 1. The summed E-state index contributed by atoms with van der Waals surface area (Å²) in [6, 6.07) is 0. The van der Waals surface area contributed by atoms with Crippen LogP contribution in [0.4, 0.5) is 0 Å². The van der Waals surface area contributed by atoms with Gasteiger partial charge in [-0.25, -0.2) is 10.8 Å². The molecule has 0 saturated carbocycles. The SMILES string of the molecule is CN=C(NN)NCc1ncc(Cl)n1C. The van der Waals surface area contributed by atoms with Gasteiger partial charge in [-0.3, -0.25) is 10.4 Å². The van der Waals surface area contributed by atoms with Crippen molar-refractivity contribution >= 4 is 17.6 Å². The van der Waals surface area contributed by atoms with Crippen molar-refractivity contribution in [1.29, 1.82) is 0 Å². The molecule has 0 atom stereocenters. The van der Waals surface area contributed by atoms with Gasteiger partial charge in [0.05, 0.1) is 12.7 Å². The molecule has 1 rings (SSSR count). The van der Waals surface area contributed by atoms with E-state index >= 15 is 0 Å². The Balaban J connectivity index is 2.58. The minimum atomic E-state index is 0.504. The number of halogens is 1. The second-order valence-electron chi connectivity index (χ2n) is 2.63. The van der Waals surface area contributed by atoms with Crippen LogP contribution in [-0.4, -0.2) is 22.6 Å². The molecule has 0 aliphatic rings. The van der Waals surface area contributed by atoms with Gasteiger partial charge < -0.3 is 9.88 Å². The van der Waals surface area contributed by atoms with Gasteiger partial charge in [0.25, 0.3) is 0 Å². The fourth-order valence-electron chi connectivity index (χ4n) is 0.946. The van der Waals surface area contributed by atoms with Crippen molar-refractivity contribution in [3.63, 3.8) is 0 Å². The Morgan fingerprint density at radius 2 is 2.50 bits per heavy atom. The van der Waals surface area contributed by atoms with E-state index in [2.05, 4.69) is 20.7 Å². The van der Waals surface area contributed by atoms with Gasteiger partial charge >= 0.3 is 0 Å². The maximum absolute atomic E-state index is 5.81. The van der Waals surface area contributed by atoms with Crippen LogP contribution in [0.3, 0.4) is 0 Å². The van der Waals surface area contributed by atoms with Gasteiger partial charge in [-0.05, 0) is 0 Å². The van der Waals surface area contributed by atoms with E-state index in [4.69, 9.17) is 17.4 Å². The van der Waals surface area contributed by atoms with Gasteiger partial charge in [-0.1, -0.05) is 11.6 Å². The standard InChI is InChI=1S/C7H13ClN6/c1-10-7(13-9)12-4-6-11-3-5(8)14(6)2/h3H,4,9H2,1-2H3,(H2,10,12,13). The van der Waals surface area contributed by atoms with Crippen LogP contribution in [0.2, 0.25) is 5.15 Å². The van der Waals surface area contributed by atoms with E-state index in [1.807, 2.05) is 7.05 Å². The van der Waals surface area contributed by atoms with Crippen molar-refractivity contribution in [2.24, 2.45) is 17.9 Å². The third-order valence-electron chi connectivity index (χ3n) is 1.80. The van der Waals surface area contributed by atoms with E-state index in [1.165, 1.54) is 0 Å². The zero-order valence-corrected chi connectivity index (χ0v) is 8.84. The van der Waals surface area contributed by atoms with Crippen LogP contribution in [0.25, 0.3) is 0 Å². The number of hydrogen-bond acceptors (Lipinski definition) is 3. The summed E-state index contributed by atoms with van der Waals surface area (Å²) < 4.78 is 1.78. The first-order valence-corrected chi connectivity index (χ1v) is 4.40. The van der Waals surface area contributed by atoms with Gasteiger partial charge in [0, 0.05) is 14.1 Å². The highest BCUT2D eigenvalue weighted by atomic mass is 35.5. The number of hydrazine groups is 1. The first-order chi connectivity index (χ1) is 6.69. The summed E-state index contributed by atoms with van der Waals surface area (Å²) in [5, 5.41) is 3.56. The molecule has 0 bridgehead atoms. The molecular weight excluding hydrogens is 204 g/mol. The zero-order valence-electron chi connectivity index (χ0n) is 8.08. The van der Waals surface area contributed by atoms with Crippen molar-refractivity contribution in [2.75, 3.05) is 7.05 Å². The molecule has 0 spiro atoms. The predicted octanol–water partition coefficient (Wildman–Crippen LogP) is -0.388. The van der Waals surface area contributed by atoms with Crippen LogP contribution >= 0.6 is 11.6 Å². The van der Waals surface area contributed by atoms with Crippen LogP contribution in [0.15, 0.2) is 11.2 Å². The van der Waals surface area contributed by atoms with Gasteiger partial charge in [0.1, 0.15) is 11.0 Å². The lowest BCUT2D eigenvalue weighted by atomic mass is 10.6. The van der Waals surface area contributed by atoms with Crippen LogP contribution in [0.1, 0.15) is 5.82 Å². The van der Waals surface area contributed by atoms with Crippen molar-refractivity contribution in [1.82, 2.24) is 20.3 Å². The van der Waals surface area contributed by atoms with Gasteiger partial charge in [0.15, 0.2) is 0 Å². The van der Waals surface area contributed by atoms with E-state index in [9.17, 15) is 0 Å². The highest BCUT2D eigenvalue weighted by Crippen LogP contribution is 2.08. The van der Waals surface area contributed by atoms with E-state index in [0.717, 1.165) is 5.82 Å². The molecule has 0 fully saturated rings. The average Bonchev–Trinajstić information content (AvgIpc) is 2.51. The van der Waals surface area contributed by atoms with E-state index in [-0.39, 0.29) is 0 Å². The van der Waals surface area contributed by atoms with Crippen molar-refractivity contribution in [3.8, 4) is 0 Å². The number of nitrogens with two attached hydrogens (primary N) is 1. The van der Waals surface area contributed by atoms with Crippen LogP contribution in [-0.2, 0) is 13.6 Å². The fraction of sp³-hybridized carbons (Fsp3) is 0.429. The number of nitrogens with zero attached hydrogens (tertiary/aromatic N) is 3. The Morgan fingerprint density at radius 1 is 1.79 bits per heavy atom. The second kappa shape index (κ2) is 4.83. The lowest BCUT2D eigenvalue weighted by molar-refractivity contribution is 0.734. The van der Waals surface area contributed by atoms with Crippen molar-refractivity contribution in [2.45, 2.75) is 6.54 Å². The minimum absolute atomic E-state index is 0.504. The number of rotatable bonds is 2. The topological polar surface area (TPSA) is 80.3 Å². The summed E-state index contributed by atoms with van der Waals surface area (Å²) in [6.45, 7) is 0.514. The van der Waals surface area contributed by atoms with Gasteiger partial charge in [-0.2, -0.15) is 0 Å². The Kier molecular flexibility index (Phi) is 3.73. The lowest BCUT2D eigenvalue weighted by Gasteiger charge is -2.07. The summed E-state index contributed by atoms with van der Waals surface area (Å²) >= 11 is 5.81. The monoisotopic (exact) mass is 216 g/mol. The third kappa shape index (κ3) is 2.36. The van der Waals surface area contributed by atoms with Gasteiger partial charge in [0.2, 0.25) is 5.96 Å². The molecule has 0 amide bonds. The molecule has 0 saturated heterocycles. The molecule has 0 aromatic carbocycles. The number of hydrogen-bond donors (Lipinski definition) is 3. The Morgan fingerprint density at radius 3 is 2.93 bits per heavy atom. The molecule has 14 heavy (non-hydrogen) atoms. The highest BCUT2D eigenvalue weighted by molar-refractivity contribution is 6.29. The van der Waals surface area contributed by atoms with Crippen LogP contribution < -0.4 is 16.6 Å².